The molecule has 1 amide bonds. The molecular weight excluding hydrogens is 260 g/mol. The van der Waals surface area contributed by atoms with Gasteiger partial charge in [-0.1, -0.05) is 0 Å². The number of methoxy groups -OCH3 is 1. The summed E-state index contributed by atoms with van der Waals surface area (Å²) in [6.45, 7) is 2.49. The molecule has 0 aliphatic heterocycles. The van der Waals surface area contributed by atoms with Crippen molar-refractivity contribution in [1.82, 2.24) is 9.88 Å². The number of nitrogens with zero attached hydrogens (tertiary/aromatic N) is 2. The Morgan fingerprint density at radius 2 is 2.41 bits per heavy atom. The van der Waals surface area contributed by atoms with Crippen molar-refractivity contribution in [3.63, 3.8) is 0 Å². The Bertz CT molecular complexity index is 370. The lowest BCUT2D eigenvalue weighted by atomic mass is 10.3. The summed E-state index contributed by atoms with van der Waals surface area (Å²) in [7, 11) is 3.41. The Balaban J connectivity index is 2.53. The number of thiazole rings is 1. The number of aromatic nitrogens is 1. The third kappa shape index (κ3) is 4.26. The zero-order chi connectivity index (χ0) is 12.8. The summed E-state index contributed by atoms with van der Waals surface area (Å²) in [5.74, 6) is 0.436. The monoisotopic (exact) mass is 276 g/mol. The third-order valence-electron chi connectivity index (χ3n) is 2.50. The first-order valence-corrected chi connectivity index (χ1v) is 6.73. The Kier molecular flexibility index (Phi) is 5.88. The molecule has 1 aromatic rings. The second kappa shape index (κ2) is 6.93. The molecule has 0 bridgehead atoms. The molecule has 0 radical (unpaired) electrons. The zero-order valence-corrected chi connectivity index (χ0v) is 11.8. The van der Waals surface area contributed by atoms with Crippen LogP contribution in [0, 0.1) is 0 Å². The standard InChI is InChI=1S/C11H17ClN2O2S/c1-8(6-16-3)14(2)11(15)4-10-13-9(5-12)7-17-10/h7-8H,4-6H2,1-3H3. The fourth-order valence-corrected chi connectivity index (χ4v) is 2.36. The molecule has 96 valence electrons. The minimum atomic E-state index is 0.0463. The zero-order valence-electron chi connectivity index (χ0n) is 10.3. The summed E-state index contributed by atoms with van der Waals surface area (Å²) < 4.78 is 5.02. The Hall–Kier alpha value is -0.650. The highest BCUT2D eigenvalue weighted by molar-refractivity contribution is 7.09. The van der Waals surface area contributed by atoms with Gasteiger partial charge in [0.1, 0.15) is 5.01 Å². The molecule has 1 unspecified atom stereocenters. The largest absolute Gasteiger partial charge is 0.383 e. The van der Waals surface area contributed by atoms with Crippen molar-refractivity contribution < 1.29 is 9.53 Å². The first kappa shape index (κ1) is 14.4. The molecule has 0 N–H and O–H groups in total. The maximum absolute atomic E-state index is 11.9. The van der Waals surface area contributed by atoms with Crippen LogP contribution < -0.4 is 0 Å². The van der Waals surface area contributed by atoms with Crippen LogP contribution in [0.4, 0.5) is 0 Å². The van der Waals surface area contributed by atoms with Gasteiger partial charge in [-0.2, -0.15) is 0 Å². The van der Waals surface area contributed by atoms with Crippen LogP contribution in [0.1, 0.15) is 17.6 Å². The van der Waals surface area contributed by atoms with E-state index in [9.17, 15) is 4.79 Å². The van der Waals surface area contributed by atoms with E-state index in [-0.39, 0.29) is 11.9 Å². The fourth-order valence-electron chi connectivity index (χ4n) is 1.34. The van der Waals surface area contributed by atoms with Crippen molar-refractivity contribution in [3.05, 3.63) is 16.1 Å². The SMILES string of the molecule is COCC(C)N(C)C(=O)Cc1nc(CCl)cs1. The minimum absolute atomic E-state index is 0.0463. The van der Waals surface area contributed by atoms with Crippen LogP contribution in [0.25, 0.3) is 0 Å². The van der Waals surface area contributed by atoms with Crippen LogP contribution >= 0.6 is 22.9 Å². The van der Waals surface area contributed by atoms with E-state index in [0.29, 0.717) is 18.9 Å². The van der Waals surface area contributed by atoms with Gasteiger partial charge in [-0.3, -0.25) is 4.79 Å². The number of likely N-dealkylation sites (N-methyl/N-ethyl adjacent to an activating group) is 1. The lowest BCUT2D eigenvalue weighted by Gasteiger charge is -2.23. The van der Waals surface area contributed by atoms with E-state index in [2.05, 4.69) is 4.98 Å². The summed E-state index contributed by atoms with van der Waals surface area (Å²) in [6, 6.07) is 0.0694. The summed E-state index contributed by atoms with van der Waals surface area (Å²) >= 11 is 7.13. The Morgan fingerprint density at radius 1 is 1.71 bits per heavy atom. The second-order valence-corrected chi connectivity index (χ2v) is 5.06. The molecule has 0 aliphatic rings. The quantitative estimate of drug-likeness (QED) is 0.746. The van der Waals surface area contributed by atoms with E-state index >= 15 is 0 Å². The first-order valence-electron chi connectivity index (χ1n) is 5.32. The van der Waals surface area contributed by atoms with Gasteiger partial charge in [0.15, 0.2) is 0 Å². The van der Waals surface area contributed by atoms with E-state index in [4.69, 9.17) is 16.3 Å². The van der Waals surface area contributed by atoms with Crippen molar-refractivity contribution in [2.75, 3.05) is 20.8 Å². The van der Waals surface area contributed by atoms with E-state index in [1.165, 1.54) is 11.3 Å². The molecule has 0 aromatic carbocycles. The van der Waals surface area contributed by atoms with E-state index in [0.717, 1.165) is 10.7 Å². The maximum Gasteiger partial charge on any atom is 0.229 e. The summed E-state index contributed by atoms with van der Waals surface area (Å²) in [4.78, 5) is 17.9. The summed E-state index contributed by atoms with van der Waals surface area (Å²) in [5, 5.41) is 2.69. The van der Waals surface area contributed by atoms with Gasteiger partial charge in [0, 0.05) is 19.5 Å². The van der Waals surface area contributed by atoms with Gasteiger partial charge in [-0.15, -0.1) is 22.9 Å². The molecule has 0 fully saturated rings. The van der Waals surface area contributed by atoms with Gasteiger partial charge in [0.05, 0.1) is 30.6 Å². The van der Waals surface area contributed by atoms with Crippen molar-refractivity contribution in [2.45, 2.75) is 25.3 Å². The third-order valence-corrected chi connectivity index (χ3v) is 3.67. The molecule has 1 aromatic heterocycles. The molecule has 0 aliphatic carbocycles. The minimum Gasteiger partial charge on any atom is -0.383 e. The lowest BCUT2D eigenvalue weighted by Crippen LogP contribution is -2.38. The molecule has 0 saturated carbocycles. The molecule has 1 atom stereocenters. The van der Waals surface area contributed by atoms with Gasteiger partial charge >= 0.3 is 0 Å². The number of carbonyl (C=O) groups excluding carboxylic acids is 1. The highest BCUT2D eigenvalue weighted by atomic mass is 35.5. The number of alkyl halides is 1. The molecule has 6 heteroatoms. The Labute approximate surface area is 111 Å². The molecule has 0 spiro atoms. The predicted octanol–water partition coefficient (Wildman–Crippen LogP) is 1.92. The smallest absolute Gasteiger partial charge is 0.229 e. The van der Waals surface area contributed by atoms with Gasteiger partial charge < -0.3 is 9.64 Å². The van der Waals surface area contributed by atoms with Crippen molar-refractivity contribution in [3.8, 4) is 0 Å². The van der Waals surface area contributed by atoms with Crippen LogP contribution in [0.15, 0.2) is 5.38 Å². The predicted molar refractivity (Wildman–Crippen MR) is 69.5 cm³/mol. The average Bonchev–Trinajstić information content (AvgIpc) is 2.76. The van der Waals surface area contributed by atoms with Gasteiger partial charge in [-0.05, 0) is 6.92 Å². The van der Waals surface area contributed by atoms with Crippen LogP contribution in [0.5, 0.6) is 0 Å². The first-order chi connectivity index (χ1) is 8.08. The Morgan fingerprint density at radius 3 is 2.94 bits per heavy atom. The van der Waals surface area contributed by atoms with Crippen LogP contribution in [0.3, 0.4) is 0 Å². The number of amides is 1. The lowest BCUT2D eigenvalue weighted by molar-refractivity contribution is -0.131. The number of hydrogen-bond donors (Lipinski definition) is 0. The highest BCUT2D eigenvalue weighted by Gasteiger charge is 2.17. The second-order valence-electron chi connectivity index (χ2n) is 3.85. The van der Waals surface area contributed by atoms with E-state index < -0.39 is 0 Å². The summed E-state index contributed by atoms with van der Waals surface area (Å²) in [6.07, 6.45) is 0.326. The van der Waals surface area contributed by atoms with Crippen LogP contribution in [0.2, 0.25) is 0 Å². The molecular formula is C11H17ClN2O2S. The molecule has 4 nitrogen and oxygen atoms in total. The fraction of sp³-hybridized carbons (Fsp3) is 0.636. The van der Waals surface area contributed by atoms with Crippen molar-refractivity contribution in [2.24, 2.45) is 0 Å². The average molecular weight is 277 g/mol. The number of hydrogen-bond acceptors (Lipinski definition) is 4. The number of rotatable bonds is 6. The highest BCUT2D eigenvalue weighted by Crippen LogP contribution is 2.13. The molecule has 1 heterocycles. The van der Waals surface area contributed by atoms with Gasteiger partial charge in [0.2, 0.25) is 5.91 Å². The van der Waals surface area contributed by atoms with E-state index in [1.807, 2.05) is 12.3 Å². The molecule has 0 saturated heterocycles. The number of carbonyl (C=O) groups is 1. The number of halogens is 1. The van der Waals surface area contributed by atoms with Crippen LogP contribution in [-0.4, -0.2) is 42.6 Å². The number of ether oxygens (including phenoxy) is 1. The summed E-state index contributed by atoms with van der Waals surface area (Å²) in [5.41, 5.74) is 0.826. The maximum atomic E-state index is 11.9. The molecule has 1 rings (SSSR count). The van der Waals surface area contributed by atoms with Crippen molar-refractivity contribution >= 4 is 28.8 Å². The normalized spacial score (nSPS) is 12.5. The van der Waals surface area contributed by atoms with Crippen molar-refractivity contribution in [1.29, 1.82) is 0 Å². The van der Waals surface area contributed by atoms with Crippen LogP contribution in [-0.2, 0) is 21.8 Å². The topological polar surface area (TPSA) is 42.4 Å². The van der Waals surface area contributed by atoms with Gasteiger partial charge in [-0.25, -0.2) is 4.98 Å². The van der Waals surface area contributed by atoms with E-state index in [1.54, 1.807) is 19.1 Å². The molecule has 17 heavy (non-hydrogen) atoms. The van der Waals surface area contributed by atoms with Gasteiger partial charge in [0.25, 0.3) is 0 Å².